The van der Waals surface area contributed by atoms with E-state index in [0.29, 0.717) is 28.9 Å². The number of halogens is 1. The summed E-state index contributed by atoms with van der Waals surface area (Å²) in [5, 5.41) is 22.2. The van der Waals surface area contributed by atoms with Crippen LogP contribution in [0.25, 0.3) is 11.4 Å². The number of anilines is 3. The second-order valence-corrected chi connectivity index (χ2v) is 11.0. The number of aromatic nitrogens is 3. The summed E-state index contributed by atoms with van der Waals surface area (Å²) in [6.07, 6.45) is -1.91. The third-order valence-electron chi connectivity index (χ3n) is 8.19. The predicted octanol–water partition coefficient (Wildman–Crippen LogP) is 3.45. The molecule has 224 valence electrons. The topological polar surface area (TPSA) is 140 Å². The van der Waals surface area contributed by atoms with Gasteiger partial charge >= 0.3 is 6.09 Å². The fourth-order valence-electron chi connectivity index (χ4n) is 5.64. The Balaban J connectivity index is 1.11. The Kier molecular flexibility index (Phi) is 8.22. The molecule has 12 nitrogen and oxygen atoms in total. The maximum absolute atomic E-state index is 14.7. The SMILES string of the molecule is Cc1cc(-c2ncnc(Nc3ccc(N4CCN(C5COC5)CC4)cc3)n2)cc(C#N)c1OC1CCN(C(=O)O)CC1F. The van der Waals surface area contributed by atoms with Crippen LogP contribution in [0.4, 0.5) is 26.5 Å². The highest BCUT2D eigenvalue weighted by Gasteiger charge is 2.34. The molecule has 0 aliphatic carbocycles. The van der Waals surface area contributed by atoms with Crippen LogP contribution in [0.2, 0.25) is 0 Å². The molecule has 13 heteroatoms. The van der Waals surface area contributed by atoms with Gasteiger partial charge in [-0.05, 0) is 48.9 Å². The number of hydrogen-bond donors (Lipinski definition) is 2. The molecule has 2 atom stereocenters. The third kappa shape index (κ3) is 6.30. The number of piperazine rings is 1. The van der Waals surface area contributed by atoms with E-state index in [4.69, 9.17) is 14.6 Å². The maximum Gasteiger partial charge on any atom is 0.407 e. The van der Waals surface area contributed by atoms with Gasteiger partial charge in [-0.2, -0.15) is 10.2 Å². The average molecular weight is 589 g/mol. The van der Waals surface area contributed by atoms with Crippen molar-refractivity contribution in [3.05, 3.63) is 53.9 Å². The van der Waals surface area contributed by atoms with Crippen LogP contribution in [0.15, 0.2) is 42.7 Å². The normalized spacial score (nSPS) is 21.1. The van der Waals surface area contributed by atoms with Crippen molar-refractivity contribution in [1.82, 2.24) is 24.8 Å². The third-order valence-corrected chi connectivity index (χ3v) is 8.19. The van der Waals surface area contributed by atoms with Crippen LogP contribution in [0.3, 0.4) is 0 Å². The van der Waals surface area contributed by atoms with Crippen LogP contribution >= 0.6 is 0 Å². The van der Waals surface area contributed by atoms with Crippen LogP contribution in [0.1, 0.15) is 17.5 Å². The molecule has 1 amide bonds. The van der Waals surface area contributed by atoms with Crippen molar-refractivity contribution in [2.24, 2.45) is 0 Å². The zero-order valence-corrected chi connectivity index (χ0v) is 23.8. The number of nitriles is 1. The Hall–Kier alpha value is -4.54. The molecule has 43 heavy (non-hydrogen) atoms. The minimum Gasteiger partial charge on any atom is -0.486 e. The van der Waals surface area contributed by atoms with E-state index in [2.05, 4.69) is 48.3 Å². The summed E-state index contributed by atoms with van der Waals surface area (Å²) in [4.78, 5) is 30.2. The van der Waals surface area contributed by atoms with Crippen molar-refractivity contribution in [2.75, 3.05) is 62.7 Å². The first-order valence-corrected chi connectivity index (χ1v) is 14.3. The second-order valence-electron chi connectivity index (χ2n) is 11.0. The zero-order chi connectivity index (χ0) is 29.9. The summed E-state index contributed by atoms with van der Waals surface area (Å²) in [5.41, 5.74) is 3.43. The highest BCUT2D eigenvalue weighted by atomic mass is 19.1. The standard InChI is InChI=1S/C30H33FN8O4/c1-19-12-20(13-21(14-32)27(19)43-26-6-7-39(30(40)41)15-25(26)31)28-33-18-34-29(36-28)35-22-2-4-23(5-3-22)37-8-10-38(11-9-37)24-16-42-17-24/h2-5,12-13,18,24-26H,6-11,15-17H2,1H3,(H,40,41)(H,33,34,35,36). The quantitative estimate of drug-likeness (QED) is 0.419. The minimum absolute atomic E-state index is 0.163. The summed E-state index contributed by atoms with van der Waals surface area (Å²) in [5.74, 6) is 0.998. The van der Waals surface area contributed by atoms with Gasteiger partial charge in [0, 0.05) is 56.1 Å². The number of nitrogens with zero attached hydrogens (tertiary/aromatic N) is 7. The summed E-state index contributed by atoms with van der Waals surface area (Å²) in [7, 11) is 0. The lowest BCUT2D eigenvalue weighted by molar-refractivity contribution is -0.0660. The van der Waals surface area contributed by atoms with Gasteiger partial charge in [0.05, 0.1) is 31.4 Å². The lowest BCUT2D eigenvalue weighted by Crippen LogP contribution is -2.56. The number of benzene rings is 2. The van der Waals surface area contributed by atoms with E-state index in [0.717, 1.165) is 50.0 Å². The summed E-state index contributed by atoms with van der Waals surface area (Å²) >= 11 is 0. The van der Waals surface area contributed by atoms with Crippen molar-refractivity contribution in [3.8, 4) is 23.2 Å². The highest BCUT2D eigenvalue weighted by Crippen LogP contribution is 2.32. The Morgan fingerprint density at radius 2 is 1.91 bits per heavy atom. The van der Waals surface area contributed by atoms with Crippen molar-refractivity contribution in [2.45, 2.75) is 31.7 Å². The first-order chi connectivity index (χ1) is 20.9. The van der Waals surface area contributed by atoms with E-state index in [1.165, 1.54) is 12.0 Å². The van der Waals surface area contributed by atoms with Gasteiger partial charge < -0.3 is 29.7 Å². The number of carbonyl (C=O) groups is 1. The largest absolute Gasteiger partial charge is 0.486 e. The number of amides is 1. The molecule has 0 spiro atoms. The Bertz CT molecular complexity index is 1500. The van der Waals surface area contributed by atoms with E-state index in [1.54, 1.807) is 19.1 Å². The molecule has 3 saturated heterocycles. The second kappa shape index (κ2) is 12.4. The first kappa shape index (κ1) is 28.6. The number of rotatable bonds is 7. The molecular weight excluding hydrogens is 555 g/mol. The molecule has 6 rings (SSSR count). The average Bonchev–Trinajstić information content (AvgIpc) is 2.99. The number of hydrogen-bond acceptors (Lipinski definition) is 10. The van der Waals surface area contributed by atoms with E-state index < -0.39 is 18.4 Å². The predicted molar refractivity (Wildman–Crippen MR) is 156 cm³/mol. The summed E-state index contributed by atoms with van der Waals surface area (Å²) < 4.78 is 26.0. The number of likely N-dealkylation sites (tertiary alicyclic amines) is 1. The number of carboxylic acid groups (broad SMARTS) is 1. The van der Waals surface area contributed by atoms with Gasteiger partial charge in [-0.15, -0.1) is 0 Å². The van der Waals surface area contributed by atoms with Gasteiger partial charge in [-0.25, -0.2) is 19.2 Å². The molecule has 4 heterocycles. The van der Waals surface area contributed by atoms with Crippen molar-refractivity contribution in [3.63, 3.8) is 0 Å². The van der Waals surface area contributed by atoms with Crippen LogP contribution in [-0.4, -0.2) is 107 Å². The maximum atomic E-state index is 14.7. The molecule has 2 aromatic carbocycles. The monoisotopic (exact) mass is 588 g/mol. The highest BCUT2D eigenvalue weighted by molar-refractivity contribution is 5.66. The van der Waals surface area contributed by atoms with Crippen LogP contribution in [0.5, 0.6) is 5.75 Å². The van der Waals surface area contributed by atoms with Gasteiger partial charge in [0.25, 0.3) is 0 Å². The van der Waals surface area contributed by atoms with Gasteiger partial charge in [0.1, 0.15) is 24.3 Å². The van der Waals surface area contributed by atoms with Gasteiger partial charge in [0.2, 0.25) is 5.95 Å². The van der Waals surface area contributed by atoms with Gasteiger partial charge in [-0.1, -0.05) is 0 Å². The Labute approximate surface area is 248 Å². The van der Waals surface area contributed by atoms with E-state index in [1.807, 2.05) is 12.1 Å². The van der Waals surface area contributed by atoms with Crippen LogP contribution in [0, 0.1) is 18.3 Å². The fourth-order valence-corrected chi connectivity index (χ4v) is 5.64. The molecule has 0 radical (unpaired) electrons. The first-order valence-electron chi connectivity index (χ1n) is 14.3. The van der Waals surface area contributed by atoms with Gasteiger partial charge in [-0.3, -0.25) is 4.90 Å². The Morgan fingerprint density at radius 3 is 2.56 bits per heavy atom. The molecular formula is C30H33FN8O4. The lowest BCUT2D eigenvalue weighted by atomic mass is 10.0. The number of nitrogens with one attached hydrogen (secondary N) is 1. The van der Waals surface area contributed by atoms with Crippen LogP contribution < -0.4 is 15.0 Å². The van der Waals surface area contributed by atoms with Crippen LogP contribution in [-0.2, 0) is 4.74 Å². The minimum atomic E-state index is -1.50. The van der Waals surface area contributed by atoms with E-state index in [-0.39, 0.29) is 30.8 Å². The molecule has 2 N–H and O–H groups in total. The number of alkyl halides is 1. The summed E-state index contributed by atoms with van der Waals surface area (Å²) in [6, 6.07) is 14.2. The number of piperidine rings is 1. The molecule has 0 saturated carbocycles. The molecule has 2 unspecified atom stereocenters. The molecule has 1 aromatic heterocycles. The zero-order valence-electron chi connectivity index (χ0n) is 23.8. The Morgan fingerprint density at radius 1 is 1.14 bits per heavy atom. The lowest BCUT2D eigenvalue weighted by Gasteiger charge is -2.43. The summed E-state index contributed by atoms with van der Waals surface area (Å²) in [6.45, 7) is 7.37. The number of aryl methyl sites for hydroxylation is 1. The molecule has 3 aliphatic heterocycles. The van der Waals surface area contributed by atoms with Gasteiger partial charge in [0.15, 0.2) is 12.0 Å². The number of ether oxygens (including phenoxy) is 2. The van der Waals surface area contributed by atoms with E-state index >= 15 is 0 Å². The van der Waals surface area contributed by atoms with Crippen molar-refractivity contribution < 1.29 is 23.8 Å². The van der Waals surface area contributed by atoms with Crippen molar-refractivity contribution in [1.29, 1.82) is 5.26 Å². The smallest absolute Gasteiger partial charge is 0.407 e. The molecule has 0 bridgehead atoms. The molecule has 3 aromatic rings. The van der Waals surface area contributed by atoms with Crippen molar-refractivity contribution >= 4 is 23.4 Å². The fraction of sp³-hybridized carbons (Fsp3) is 0.433. The van der Waals surface area contributed by atoms with E-state index in [9.17, 15) is 14.4 Å². The molecule has 3 fully saturated rings. The molecule has 3 aliphatic rings.